The van der Waals surface area contributed by atoms with E-state index in [9.17, 15) is 9.59 Å². The Labute approximate surface area is 194 Å². The second-order valence-electron chi connectivity index (χ2n) is 7.19. The van der Waals surface area contributed by atoms with Crippen LogP contribution in [0.2, 0.25) is 5.02 Å². The highest BCUT2D eigenvalue weighted by Crippen LogP contribution is 2.39. The van der Waals surface area contributed by atoms with E-state index in [4.69, 9.17) is 16.6 Å². The molecule has 0 fully saturated rings. The SMILES string of the molecule is O=C(CSC1=Nc2ccccc2C2=NC(=O)C(c3ccccc3)N12)Nc1ccccc1Cl. The lowest BCUT2D eigenvalue weighted by atomic mass is 10.0. The highest BCUT2D eigenvalue weighted by atomic mass is 35.5. The second kappa shape index (κ2) is 8.61. The van der Waals surface area contributed by atoms with Crippen LogP contribution in [0, 0.1) is 0 Å². The average Bonchev–Trinajstić information content (AvgIpc) is 3.17. The molecule has 2 aliphatic heterocycles. The van der Waals surface area contributed by atoms with Gasteiger partial charge >= 0.3 is 0 Å². The quantitative estimate of drug-likeness (QED) is 0.591. The summed E-state index contributed by atoms with van der Waals surface area (Å²) in [6.45, 7) is 0. The van der Waals surface area contributed by atoms with E-state index in [-0.39, 0.29) is 17.6 Å². The van der Waals surface area contributed by atoms with Crippen LogP contribution in [0.15, 0.2) is 88.8 Å². The number of aliphatic imine (C=N–C) groups is 2. The molecular weight excluding hydrogens is 444 g/mol. The Morgan fingerprint density at radius 1 is 0.969 bits per heavy atom. The first-order chi connectivity index (χ1) is 15.6. The van der Waals surface area contributed by atoms with E-state index < -0.39 is 6.04 Å². The van der Waals surface area contributed by atoms with Crippen LogP contribution in [0.1, 0.15) is 17.2 Å². The topological polar surface area (TPSA) is 74.1 Å². The van der Waals surface area contributed by atoms with Crippen molar-refractivity contribution < 1.29 is 9.59 Å². The first-order valence-corrected chi connectivity index (χ1v) is 11.3. The predicted molar refractivity (Wildman–Crippen MR) is 129 cm³/mol. The number of benzene rings is 3. The summed E-state index contributed by atoms with van der Waals surface area (Å²) in [5.74, 6) is 0.191. The summed E-state index contributed by atoms with van der Waals surface area (Å²) in [6.07, 6.45) is 0. The van der Waals surface area contributed by atoms with Crippen molar-refractivity contribution >= 4 is 57.6 Å². The van der Waals surface area contributed by atoms with Gasteiger partial charge in [-0.15, -0.1) is 0 Å². The number of thioether (sulfide) groups is 1. The second-order valence-corrected chi connectivity index (χ2v) is 8.53. The number of hydrogen-bond acceptors (Lipinski definition) is 5. The van der Waals surface area contributed by atoms with Crippen LogP contribution < -0.4 is 5.32 Å². The molecule has 0 bridgehead atoms. The Morgan fingerprint density at radius 2 is 1.69 bits per heavy atom. The molecule has 1 atom stereocenters. The molecule has 1 unspecified atom stereocenters. The highest BCUT2D eigenvalue weighted by Gasteiger charge is 2.42. The van der Waals surface area contributed by atoms with Crippen molar-refractivity contribution in [3.05, 3.63) is 95.0 Å². The van der Waals surface area contributed by atoms with Gasteiger partial charge in [-0.3, -0.25) is 14.5 Å². The minimum absolute atomic E-state index is 0.103. The molecule has 32 heavy (non-hydrogen) atoms. The zero-order valence-corrected chi connectivity index (χ0v) is 18.3. The van der Waals surface area contributed by atoms with Gasteiger partial charge in [0.15, 0.2) is 5.17 Å². The van der Waals surface area contributed by atoms with Crippen molar-refractivity contribution in [2.24, 2.45) is 9.98 Å². The van der Waals surface area contributed by atoms with E-state index in [2.05, 4.69) is 10.3 Å². The number of carbonyl (C=O) groups excluding carboxylic acids is 2. The number of hydrogen-bond donors (Lipinski definition) is 1. The molecule has 0 aromatic heterocycles. The number of anilines is 1. The Balaban J connectivity index is 1.44. The number of fused-ring (bicyclic) bond motifs is 3. The maximum Gasteiger partial charge on any atom is 0.275 e. The standard InChI is InChI=1S/C24H17ClN4O2S/c25-17-11-5-7-13-19(17)26-20(30)14-32-24-27-18-12-6-4-10-16(18)22-28-23(31)21(29(22)24)15-8-2-1-3-9-15/h1-13,21H,14H2,(H,26,30). The molecule has 2 amide bonds. The van der Waals surface area contributed by atoms with E-state index in [1.807, 2.05) is 59.5 Å². The third-order valence-electron chi connectivity index (χ3n) is 5.10. The molecule has 3 aromatic rings. The maximum absolute atomic E-state index is 12.9. The summed E-state index contributed by atoms with van der Waals surface area (Å²) in [7, 11) is 0. The summed E-state index contributed by atoms with van der Waals surface area (Å²) in [5, 5.41) is 3.84. The molecule has 0 radical (unpaired) electrons. The van der Waals surface area contributed by atoms with Crippen LogP contribution in [0.5, 0.6) is 0 Å². The fourth-order valence-corrected chi connectivity index (χ4v) is 4.68. The molecule has 0 saturated carbocycles. The highest BCUT2D eigenvalue weighted by molar-refractivity contribution is 8.14. The van der Waals surface area contributed by atoms with Gasteiger partial charge in [0.2, 0.25) is 5.91 Å². The maximum atomic E-state index is 12.9. The Bertz CT molecular complexity index is 1280. The van der Waals surface area contributed by atoms with E-state index in [1.54, 1.807) is 24.3 Å². The first-order valence-electron chi connectivity index (χ1n) is 9.94. The molecule has 0 aliphatic carbocycles. The van der Waals surface area contributed by atoms with Crippen LogP contribution in [0.3, 0.4) is 0 Å². The molecule has 158 valence electrons. The lowest BCUT2D eigenvalue weighted by Crippen LogP contribution is -2.39. The van der Waals surface area contributed by atoms with Gasteiger partial charge in [-0.25, -0.2) is 4.99 Å². The van der Waals surface area contributed by atoms with Crippen molar-refractivity contribution in [2.45, 2.75) is 6.04 Å². The molecule has 5 rings (SSSR count). The predicted octanol–water partition coefficient (Wildman–Crippen LogP) is 5.04. The number of halogens is 1. The molecule has 8 heteroatoms. The lowest BCUT2D eigenvalue weighted by molar-refractivity contribution is -0.119. The van der Waals surface area contributed by atoms with Crippen LogP contribution >= 0.6 is 23.4 Å². The normalized spacial score (nSPS) is 16.7. The third kappa shape index (κ3) is 3.81. The number of nitrogens with one attached hydrogen (secondary N) is 1. The van der Waals surface area contributed by atoms with Crippen molar-refractivity contribution in [1.29, 1.82) is 0 Å². The van der Waals surface area contributed by atoms with Gasteiger partial charge in [0.25, 0.3) is 5.91 Å². The zero-order chi connectivity index (χ0) is 22.1. The van der Waals surface area contributed by atoms with Crippen LogP contribution in [0.4, 0.5) is 11.4 Å². The summed E-state index contributed by atoms with van der Waals surface area (Å²) in [5.41, 5.74) is 2.89. The van der Waals surface area contributed by atoms with E-state index >= 15 is 0 Å². The van der Waals surface area contributed by atoms with Crippen molar-refractivity contribution in [3.8, 4) is 0 Å². The van der Waals surface area contributed by atoms with Crippen LogP contribution in [-0.4, -0.2) is 33.5 Å². The fraction of sp³-hybridized carbons (Fsp3) is 0.0833. The summed E-state index contributed by atoms with van der Waals surface area (Å²) < 4.78 is 0. The van der Waals surface area contributed by atoms with Gasteiger partial charge in [-0.05, 0) is 29.8 Å². The third-order valence-corrected chi connectivity index (χ3v) is 6.38. The van der Waals surface area contributed by atoms with Crippen molar-refractivity contribution in [1.82, 2.24) is 4.90 Å². The Hall–Kier alpha value is -3.42. The number of amidine groups is 2. The van der Waals surface area contributed by atoms with Crippen LogP contribution in [-0.2, 0) is 9.59 Å². The van der Waals surface area contributed by atoms with E-state index in [0.717, 1.165) is 16.8 Å². The molecule has 2 heterocycles. The first kappa shape index (κ1) is 20.5. The lowest BCUT2D eigenvalue weighted by Gasteiger charge is -2.31. The van der Waals surface area contributed by atoms with Gasteiger partial charge in [-0.2, -0.15) is 4.99 Å². The molecule has 0 saturated heterocycles. The van der Waals surface area contributed by atoms with E-state index in [1.165, 1.54) is 11.8 Å². The summed E-state index contributed by atoms with van der Waals surface area (Å²) in [4.78, 5) is 36.5. The van der Waals surface area contributed by atoms with E-state index in [0.29, 0.717) is 21.7 Å². The average molecular weight is 461 g/mol. The number of nitrogens with zero attached hydrogens (tertiary/aromatic N) is 3. The molecule has 1 N–H and O–H groups in total. The number of rotatable bonds is 4. The van der Waals surface area contributed by atoms with Gasteiger partial charge in [0, 0.05) is 5.56 Å². The molecule has 6 nitrogen and oxygen atoms in total. The zero-order valence-electron chi connectivity index (χ0n) is 16.7. The largest absolute Gasteiger partial charge is 0.324 e. The van der Waals surface area contributed by atoms with Gasteiger partial charge in [0.05, 0.1) is 22.2 Å². The minimum Gasteiger partial charge on any atom is -0.324 e. The van der Waals surface area contributed by atoms with Crippen LogP contribution in [0.25, 0.3) is 0 Å². The molecular formula is C24H17ClN4O2S. The minimum atomic E-state index is -0.613. The van der Waals surface area contributed by atoms with Gasteiger partial charge in [0.1, 0.15) is 11.9 Å². The fourth-order valence-electron chi connectivity index (χ4n) is 3.67. The van der Waals surface area contributed by atoms with Crippen molar-refractivity contribution in [3.63, 3.8) is 0 Å². The summed E-state index contributed by atoms with van der Waals surface area (Å²) >= 11 is 7.40. The Morgan fingerprint density at radius 3 is 2.50 bits per heavy atom. The molecule has 2 aliphatic rings. The number of para-hydroxylation sites is 2. The Kier molecular flexibility index (Phi) is 5.51. The van der Waals surface area contributed by atoms with Gasteiger partial charge in [-0.1, -0.05) is 78.0 Å². The molecule has 0 spiro atoms. The van der Waals surface area contributed by atoms with Gasteiger partial charge < -0.3 is 5.32 Å². The monoisotopic (exact) mass is 460 g/mol. The van der Waals surface area contributed by atoms with Crippen molar-refractivity contribution in [2.75, 3.05) is 11.1 Å². The number of amides is 2. The molecule has 3 aromatic carbocycles. The smallest absolute Gasteiger partial charge is 0.275 e. The number of carbonyl (C=O) groups is 2. The summed E-state index contributed by atoms with van der Waals surface area (Å²) in [6, 6.07) is 23.5.